The normalized spacial score (nSPS) is 20.3. The highest BCUT2D eigenvalue weighted by Gasteiger charge is 2.54. The van der Waals surface area contributed by atoms with Crippen molar-refractivity contribution in [2.24, 2.45) is 0 Å². The fraction of sp³-hybridized carbons (Fsp3) is 0.733. The van der Waals surface area contributed by atoms with Crippen LogP contribution in [0, 0.1) is 6.92 Å². The van der Waals surface area contributed by atoms with Gasteiger partial charge in [0.25, 0.3) is 0 Å². The van der Waals surface area contributed by atoms with E-state index in [2.05, 4.69) is 5.16 Å². The number of carbonyl (C=O) groups is 1. The number of aryl methyl sites for hydroxylation is 1. The smallest absolute Gasteiger partial charge is 0.455 e. The van der Waals surface area contributed by atoms with Crippen LogP contribution in [0.3, 0.4) is 0 Å². The lowest BCUT2D eigenvalue weighted by atomic mass is 9.77. The van der Waals surface area contributed by atoms with Gasteiger partial charge in [0.2, 0.25) is 0 Å². The van der Waals surface area contributed by atoms with E-state index in [0.717, 1.165) is 0 Å². The summed E-state index contributed by atoms with van der Waals surface area (Å²) in [4.78, 5) is 12.3. The summed E-state index contributed by atoms with van der Waals surface area (Å²) in [6.45, 7) is 14.9. The standard InChI is InChI=1S/C15H24BNO5/c1-9-10(16-21-14(5,6)15(7,8)22-16)11(17-20-9)12(18)19-13(2,3)4/h1-8H3. The van der Waals surface area contributed by atoms with Crippen molar-refractivity contribution in [3.63, 3.8) is 0 Å². The topological polar surface area (TPSA) is 70.8 Å². The molecule has 7 heteroatoms. The molecule has 0 aliphatic carbocycles. The van der Waals surface area contributed by atoms with Gasteiger partial charge >= 0.3 is 13.1 Å². The first-order chi connectivity index (χ1) is 9.84. The Balaban J connectivity index is 2.34. The Hall–Kier alpha value is -1.34. The summed E-state index contributed by atoms with van der Waals surface area (Å²) in [5.41, 5.74) is -1.03. The Morgan fingerprint density at radius 3 is 2.09 bits per heavy atom. The van der Waals surface area contributed by atoms with Gasteiger partial charge in [0.05, 0.1) is 16.7 Å². The molecule has 122 valence electrons. The number of aromatic nitrogens is 1. The van der Waals surface area contributed by atoms with Crippen molar-refractivity contribution in [1.82, 2.24) is 5.16 Å². The molecule has 0 spiro atoms. The van der Waals surface area contributed by atoms with Crippen molar-refractivity contribution in [2.45, 2.75) is 72.2 Å². The Labute approximate surface area is 131 Å². The molecule has 2 heterocycles. The number of hydrogen-bond donors (Lipinski definition) is 0. The number of nitrogens with zero attached hydrogens (tertiary/aromatic N) is 1. The fourth-order valence-corrected chi connectivity index (χ4v) is 2.09. The van der Waals surface area contributed by atoms with Crippen LogP contribution in [0.25, 0.3) is 0 Å². The van der Waals surface area contributed by atoms with E-state index in [1.54, 1.807) is 27.7 Å². The highest BCUT2D eigenvalue weighted by Crippen LogP contribution is 2.37. The van der Waals surface area contributed by atoms with Gasteiger partial charge in [-0.1, -0.05) is 5.16 Å². The third-order valence-corrected chi connectivity index (χ3v) is 3.99. The maximum absolute atomic E-state index is 12.3. The molecule has 6 nitrogen and oxygen atoms in total. The predicted molar refractivity (Wildman–Crippen MR) is 82.1 cm³/mol. The van der Waals surface area contributed by atoms with E-state index >= 15 is 0 Å². The molecule has 0 amide bonds. The summed E-state index contributed by atoms with van der Waals surface area (Å²) in [6.07, 6.45) is 0. The van der Waals surface area contributed by atoms with Crippen molar-refractivity contribution in [3.8, 4) is 0 Å². The molecule has 0 atom stereocenters. The summed E-state index contributed by atoms with van der Waals surface area (Å²) in [5.74, 6) is -0.0616. The minimum absolute atomic E-state index is 0.103. The van der Waals surface area contributed by atoms with Crippen molar-refractivity contribution in [2.75, 3.05) is 0 Å². The zero-order chi connectivity index (χ0) is 16.9. The van der Waals surface area contributed by atoms with Gasteiger partial charge in [-0.15, -0.1) is 0 Å². The molecule has 0 N–H and O–H groups in total. The molecule has 1 fully saturated rings. The number of ether oxygens (including phenoxy) is 1. The number of hydrogen-bond acceptors (Lipinski definition) is 6. The van der Waals surface area contributed by atoms with Crippen LogP contribution in [0.5, 0.6) is 0 Å². The van der Waals surface area contributed by atoms with Crippen LogP contribution >= 0.6 is 0 Å². The molecule has 1 aliphatic rings. The van der Waals surface area contributed by atoms with Gasteiger partial charge in [0.1, 0.15) is 11.4 Å². The number of carbonyl (C=O) groups excluding carboxylic acids is 1. The maximum Gasteiger partial charge on any atom is 0.501 e. The van der Waals surface area contributed by atoms with Crippen LogP contribution < -0.4 is 5.46 Å². The second kappa shape index (κ2) is 5.10. The fourth-order valence-electron chi connectivity index (χ4n) is 2.09. The van der Waals surface area contributed by atoms with Crippen LogP contribution in [0.15, 0.2) is 4.52 Å². The number of esters is 1. The van der Waals surface area contributed by atoms with E-state index in [-0.39, 0.29) is 5.69 Å². The average molecular weight is 309 g/mol. The van der Waals surface area contributed by atoms with E-state index in [4.69, 9.17) is 18.6 Å². The Morgan fingerprint density at radius 2 is 1.64 bits per heavy atom. The van der Waals surface area contributed by atoms with Crippen molar-refractivity contribution in [1.29, 1.82) is 0 Å². The van der Waals surface area contributed by atoms with Crippen LogP contribution in [-0.4, -0.2) is 35.0 Å². The van der Waals surface area contributed by atoms with Crippen molar-refractivity contribution in [3.05, 3.63) is 11.5 Å². The molecule has 0 bridgehead atoms. The van der Waals surface area contributed by atoms with Crippen LogP contribution in [-0.2, 0) is 14.0 Å². The van der Waals surface area contributed by atoms with Crippen LogP contribution in [0.1, 0.15) is 64.7 Å². The van der Waals surface area contributed by atoms with Crippen LogP contribution in [0.4, 0.5) is 0 Å². The average Bonchev–Trinajstić information content (AvgIpc) is 2.75. The zero-order valence-electron chi connectivity index (χ0n) is 14.6. The van der Waals surface area contributed by atoms with Gasteiger partial charge in [0.15, 0.2) is 5.69 Å². The lowest BCUT2D eigenvalue weighted by molar-refractivity contribution is 0.00578. The lowest BCUT2D eigenvalue weighted by Gasteiger charge is -2.32. The number of rotatable bonds is 2. The minimum atomic E-state index is -0.709. The molecule has 22 heavy (non-hydrogen) atoms. The van der Waals surface area contributed by atoms with Gasteiger partial charge in [-0.2, -0.15) is 0 Å². The summed E-state index contributed by atoms with van der Waals surface area (Å²) in [5, 5.41) is 3.83. The van der Waals surface area contributed by atoms with Crippen molar-refractivity contribution >= 4 is 18.6 Å². The Kier molecular flexibility index (Phi) is 3.94. The van der Waals surface area contributed by atoms with Gasteiger partial charge in [-0.05, 0) is 55.4 Å². The van der Waals surface area contributed by atoms with Gasteiger partial charge in [0, 0.05) is 0 Å². The molecule has 2 rings (SSSR count). The third-order valence-electron chi connectivity index (χ3n) is 3.99. The van der Waals surface area contributed by atoms with Gasteiger partial charge in [-0.25, -0.2) is 4.79 Å². The summed E-state index contributed by atoms with van der Waals surface area (Å²) < 4.78 is 22.5. The monoisotopic (exact) mass is 309 g/mol. The highest BCUT2D eigenvalue weighted by molar-refractivity contribution is 6.64. The quantitative estimate of drug-likeness (QED) is 0.616. The van der Waals surface area contributed by atoms with Gasteiger partial charge < -0.3 is 18.6 Å². The first-order valence-electron chi connectivity index (χ1n) is 7.39. The molecule has 1 aromatic heterocycles. The molecule has 0 radical (unpaired) electrons. The lowest BCUT2D eigenvalue weighted by Crippen LogP contribution is -2.41. The maximum atomic E-state index is 12.3. The first kappa shape index (κ1) is 17.0. The van der Waals surface area contributed by atoms with E-state index in [0.29, 0.717) is 11.2 Å². The zero-order valence-corrected chi connectivity index (χ0v) is 14.6. The first-order valence-corrected chi connectivity index (χ1v) is 7.39. The molecular weight excluding hydrogens is 285 g/mol. The highest BCUT2D eigenvalue weighted by atomic mass is 16.7. The summed E-state index contributed by atoms with van der Waals surface area (Å²) in [6, 6.07) is 0. The Bertz CT molecular complexity index is 569. The molecule has 0 aromatic carbocycles. The summed E-state index contributed by atoms with van der Waals surface area (Å²) >= 11 is 0. The van der Waals surface area contributed by atoms with E-state index in [1.165, 1.54) is 0 Å². The molecule has 0 unspecified atom stereocenters. The summed E-state index contributed by atoms with van der Waals surface area (Å²) in [7, 11) is -0.709. The SMILES string of the molecule is Cc1onc(C(=O)OC(C)(C)C)c1B1OC(C)(C)C(C)(C)O1. The molecule has 0 saturated carbocycles. The minimum Gasteiger partial charge on any atom is -0.455 e. The second-order valence-corrected chi connectivity index (χ2v) is 7.59. The molecule has 1 aliphatic heterocycles. The van der Waals surface area contributed by atoms with Gasteiger partial charge in [-0.3, -0.25) is 0 Å². The predicted octanol–water partition coefficient (Wildman–Crippen LogP) is 2.24. The second-order valence-electron chi connectivity index (χ2n) is 7.59. The van der Waals surface area contributed by atoms with E-state index in [1.807, 2.05) is 27.7 Å². The van der Waals surface area contributed by atoms with E-state index in [9.17, 15) is 4.79 Å². The molecule has 1 saturated heterocycles. The van der Waals surface area contributed by atoms with Crippen molar-refractivity contribution < 1.29 is 23.4 Å². The third kappa shape index (κ3) is 3.05. The molecular formula is C15H24BNO5. The largest absolute Gasteiger partial charge is 0.501 e. The van der Waals surface area contributed by atoms with E-state index < -0.39 is 29.9 Å². The molecule has 1 aromatic rings. The Morgan fingerprint density at radius 1 is 1.14 bits per heavy atom. The van der Waals surface area contributed by atoms with Crippen LogP contribution in [0.2, 0.25) is 0 Å².